The molecule has 10 heteroatoms. The second-order valence-corrected chi connectivity index (χ2v) is 11.7. The lowest BCUT2D eigenvalue weighted by Gasteiger charge is -2.31. The molecule has 0 bridgehead atoms. The number of pyridine rings is 1. The lowest BCUT2D eigenvalue weighted by molar-refractivity contribution is -0.119. The molecule has 2 heterocycles. The molecule has 1 aromatic heterocycles. The van der Waals surface area contributed by atoms with E-state index in [-0.39, 0.29) is 24.4 Å². The molecule has 0 spiro atoms. The Bertz CT molecular complexity index is 1530. The highest BCUT2D eigenvalue weighted by molar-refractivity contribution is 6.31. The van der Waals surface area contributed by atoms with Gasteiger partial charge >= 0.3 is 0 Å². The van der Waals surface area contributed by atoms with E-state index >= 15 is 4.39 Å². The number of benzene rings is 3. The summed E-state index contributed by atoms with van der Waals surface area (Å²) in [5, 5.41) is 7.49. The normalized spacial score (nSPS) is 17.4. The van der Waals surface area contributed by atoms with Crippen LogP contribution in [0.1, 0.15) is 40.2 Å². The molecule has 5 rings (SSSR count). The maximum absolute atomic E-state index is 15.1. The minimum absolute atomic E-state index is 0.0672. The topological polar surface area (TPSA) is 89.3 Å². The summed E-state index contributed by atoms with van der Waals surface area (Å²) < 4.78 is 48.8. The average molecular weight is 637 g/mol. The van der Waals surface area contributed by atoms with Crippen LogP contribution >= 0.6 is 11.6 Å². The van der Waals surface area contributed by atoms with Crippen molar-refractivity contribution in [1.29, 1.82) is 0 Å². The monoisotopic (exact) mass is 636 g/mol. The lowest BCUT2D eigenvalue weighted by Crippen LogP contribution is -2.48. The molecule has 1 fully saturated rings. The Morgan fingerprint density at radius 1 is 0.933 bits per heavy atom. The van der Waals surface area contributed by atoms with Gasteiger partial charge in [-0.2, -0.15) is 0 Å². The van der Waals surface area contributed by atoms with Gasteiger partial charge in [-0.3, -0.25) is 9.78 Å². The molecule has 4 aromatic rings. The van der Waals surface area contributed by atoms with Crippen LogP contribution in [0.2, 0.25) is 5.02 Å². The van der Waals surface area contributed by atoms with Gasteiger partial charge in [0.25, 0.3) is 0 Å². The van der Waals surface area contributed by atoms with Crippen molar-refractivity contribution in [2.24, 2.45) is 5.73 Å². The van der Waals surface area contributed by atoms with Crippen LogP contribution in [0.5, 0.6) is 0 Å². The van der Waals surface area contributed by atoms with Gasteiger partial charge in [-0.1, -0.05) is 54.1 Å². The van der Waals surface area contributed by atoms with Crippen molar-refractivity contribution in [2.45, 2.75) is 50.0 Å². The third kappa shape index (κ3) is 8.77. The van der Waals surface area contributed by atoms with E-state index < -0.39 is 29.4 Å². The number of carbonyl (C=O) groups excluding carboxylic acids is 1. The molecule has 4 N–H and O–H groups in total. The van der Waals surface area contributed by atoms with Crippen LogP contribution in [0.25, 0.3) is 0 Å². The smallest absolute Gasteiger partial charge is 0.154 e. The summed E-state index contributed by atoms with van der Waals surface area (Å²) in [6.45, 7) is 2.56. The van der Waals surface area contributed by atoms with Crippen LogP contribution in [0.4, 0.5) is 13.2 Å². The van der Waals surface area contributed by atoms with Gasteiger partial charge in [-0.15, -0.1) is 0 Å². The van der Waals surface area contributed by atoms with Gasteiger partial charge in [0.1, 0.15) is 17.5 Å². The summed E-state index contributed by atoms with van der Waals surface area (Å²) in [6.07, 6.45) is 3.17. The van der Waals surface area contributed by atoms with Crippen LogP contribution in [-0.2, 0) is 28.9 Å². The van der Waals surface area contributed by atoms with Crippen molar-refractivity contribution in [1.82, 2.24) is 15.6 Å². The number of ether oxygens (including phenoxy) is 1. The van der Waals surface area contributed by atoms with Gasteiger partial charge in [0.05, 0.1) is 24.4 Å². The zero-order valence-corrected chi connectivity index (χ0v) is 25.5. The number of hydrogen-bond acceptors (Lipinski definition) is 6. The summed E-state index contributed by atoms with van der Waals surface area (Å²) in [6, 6.07) is 18.0. The Labute approximate surface area is 266 Å². The Morgan fingerprint density at radius 3 is 2.24 bits per heavy atom. The van der Waals surface area contributed by atoms with Gasteiger partial charge in [-0.25, -0.2) is 13.2 Å². The lowest BCUT2D eigenvalue weighted by atomic mass is 9.82. The average Bonchev–Trinajstić information content (AvgIpc) is 3.04. The van der Waals surface area contributed by atoms with Crippen LogP contribution in [-0.4, -0.2) is 48.7 Å². The van der Waals surface area contributed by atoms with E-state index in [1.165, 1.54) is 30.5 Å². The first-order valence-corrected chi connectivity index (χ1v) is 15.4. The van der Waals surface area contributed by atoms with E-state index in [9.17, 15) is 13.6 Å². The molecule has 0 amide bonds. The highest BCUT2D eigenvalue weighted by Crippen LogP contribution is 2.29. The molecule has 1 unspecified atom stereocenters. The fourth-order valence-corrected chi connectivity index (χ4v) is 5.95. The number of nitrogens with zero attached hydrogens (tertiary/aromatic N) is 1. The minimum atomic E-state index is -1.05. The largest absolute Gasteiger partial charge is 0.371 e. The summed E-state index contributed by atoms with van der Waals surface area (Å²) >= 11 is 6.25. The number of aromatic nitrogens is 1. The zero-order valence-electron chi connectivity index (χ0n) is 24.7. The van der Waals surface area contributed by atoms with Crippen molar-refractivity contribution in [3.63, 3.8) is 0 Å². The zero-order chi connectivity index (χ0) is 31.8. The molecule has 45 heavy (non-hydrogen) atoms. The van der Waals surface area contributed by atoms with Gasteiger partial charge in [0.15, 0.2) is 5.78 Å². The van der Waals surface area contributed by atoms with Crippen LogP contribution in [0.15, 0.2) is 85.2 Å². The third-order valence-electron chi connectivity index (χ3n) is 8.14. The number of halogens is 4. The van der Waals surface area contributed by atoms with Gasteiger partial charge in [-0.05, 0) is 71.0 Å². The molecule has 6 nitrogen and oxygen atoms in total. The van der Waals surface area contributed by atoms with E-state index in [0.717, 1.165) is 11.8 Å². The number of nitrogens with one attached hydrogen (secondary N) is 2. The number of morpholine rings is 1. The summed E-state index contributed by atoms with van der Waals surface area (Å²) in [5.41, 5.74) is 9.62. The number of nitrogens with two attached hydrogens (primary N) is 1. The number of rotatable bonds is 13. The van der Waals surface area contributed by atoms with Crippen molar-refractivity contribution < 1.29 is 22.7 Å². The first-order valence-electron chi connectivity index (χ1n) is 15.0. The van der Waals surface area contributed by atoms with Crippen molar-refractivity contribution >= 4 is 17.4 Å². The van der Waals surface area contributed by atoms with Crippen LogP contribution < -0.4 is 16.4 Å². The highest BCUT2D eigenvalue weighted by atomic mass is 35.5. The predicted octanol–water partition coefficient (Wildman–Crippen LogP) is 5.50. The standard InChI is InChI=1S/C35H36ClF3N4O2/c36-31-4-2-1-3-24(31)16-41-19-29-20-43-18-28(45-29)13-14-30-25(17-42-21-32(30)39)15-33(44)35(40)34(22-5-9-26(37)10-6-22)23-7-11-27(38)12-8-23/h1-12,17,21,28-29,34-35,41,43H,13-16,18-20,40H2/t28-,29-,35?/m1/s1. The first kappa shape index (κ1) is 32.8. The van der Waals surface area contributed by atoms with Crippen molar-refractivity contribution in [3.05, 3.63) is 135 Å². The van der Waals surface area contributed by atoms with Gasteiger partial charge < -0.3 is 21.1 Å². The molecular weight excluding hydrogens is 601 g/mol. The first-order chi connectivity index (χ1) is 21.8. The third-order valence-corrected chi connectivity index (χ3v) is 8.51. The fourth-order valence-electron chi connectivity index (χ4n) is 5.75. The second-order valence-electron chi connectivity index (χ2n) is 11.3. The Balaban J connectivity index is 1.22. The molecule has 0 saturated carbocycles. The molecule has 3 aromatic carbocycles. The maximum Gasteiger partial charge on any atom is 0.154 e. The van der Waals surface area contributed by atoms with E-state index in [1.807, 2.05) is 24.3 Å². The van der Waals surface area contributed by atoms with Crippen LogP contribution in [0.3, 0.4) is 0 Å². The molecule has 1 saturated heterocycles. The summed E-state index contributed by atoms with van der Waals surface area (Å²) in [7, 11) is 0. The molecular formula is C35H36ClF3N4O2. The van der Waals surface area contributed by atoms with E-state index in [0.29, 0.717) is 66.3 Å². The highest BCUT2D eigenvalue weighted by Gasteiger charge is 2.29. The summed E-state index contributed by atoms with van der Waals surface area (Å²) in [4.78, 5) is 17.6. The SMILES string of the molecule is NC(C(=O)Cc1cncc(F)c1CC[C@@H]1CNC[C@@H](CNCc2ccccc2Cl)O1)C(c1ccc(F)cc1)c1ccc(F)cc1. The molecule has 236 valence electrons. The molecule has 1 aliphatic rings. The Morgan fingerprint density at radius 2 is 1.58 bits per heavy atom. The van der Waals surface area contributed by atoms with Crippen molar-refractivity contribution in [2.75, 3.05) is 19.6 Å². The molecule has 0 radical (unpaired) electrons. The summed E-state index contributed by atoms with van der Waals surface area (Å²) in [5.74, 6) is -2.35. The molecule has 0 aliphatic carbocycles. The predicted molar refractivity (Wildman–Crippen MR) is 169 cm³/mol. The van der Waals surface area contributed by atoms with Gasteiger partial charge in [0.2, 0.25) is 0 Å². The van der Waals surface area contributed by atoms with E-state index in [2.05, 4.69) is 15.6 Å². The number of hydrogen-bond donors (Lipinski definition) is 3. The quantitative estimate of drug-likeness (QED) is 0.180. The van der Waals surface area contributed by atoms with Gasteiger partial charge in [0, 0.05) is 49.7 Å². The molecule has 3 atom stereocenters. The Kier molecular flexibility index (Phi) is 11.4. The molecule has 1 aliphatic heterocycles. The second kappa shape index (κ2) is 15.6. The number of Topliss-reactive ketones (excluding diaryl/α,β-unsaturated/α-hetero) is 1. The number of carbonyl (C=O) groups is 1. The fraction of sp³-hybridized carbons (Fsp3) is 0.314. The van der Waals surface area contributed by atoms with E-state index in [4.69, 9.17) is 22.1 Å². The van der Waals surface area contributed by atoms with Crippen LogP contribution in [0, 0.1) is 17.5 Å². The Hall–Kier alpha value is -3.60. The minimum Gasteiger partial charge on any atom is -0.371 e. The van der Waals surface area contributed by atoms with E-state index in [1.54, 1.807) is 24.3 Å². The van der Waals surface area contributed by atoms with Crippen molar-refractivity contribution in [3.8, 4) is 0 Å². The maximum atomic E-state index is 15.1. The number of ketones is 1.